The van der Waals surface area contributed by atoms with Crippen LogP contribution in [0.3, 0.4) is 0 Å². The molecule has 0 saturated carbocycles. The summed E-state index contributed by atoms with van der Waals surface area (Å²) >= 11 is 1.51. The number of aryl methyl sites for hydroxylation is 1. The molecule has 5 aromatic rings. The Hall–Kier alpha value is -4.47. The van der Waals surface area contributed by atoms with Crippen molar-refractivity contribution in [2.75, 3.05) is 25.5 Å². The van der Waals surface area contributed by atoms with E-state index in [1.807, 2.05) is 85.0 Å². The van der Waals surface area contributed by atoms with Gasteiger partial charge in [-0.15, -0.1) is 11.3 Å². The van der Waals surface area contributed by atoms with Gasteiger partial charge in [-0.1, -0.05) is 48.5 Å². The second-order valence-corrected chi connectivity index (χ2v) is 11.5. The van der Waals surface area contributed by atoms with Gasteiger partial charge in [-0.05, 0) is 49.2 Å². The maximum Gasteiger partial charge on any atom is 0.253 e. The Bertz CT molecular complexity index is 1660. The van der Waals surface area contributed by atoms with Crippen molar-refractivity contribution in [1.82, 2.24) is 20.2 Å². The van der Waals surface area contributed by atoms with Gasteiger partial charge in [-0.3, -0.25) is 9.59 Å². The Kier molecular flexibility index (Phi) is 9.00. The first kappa shape index (κ1) is 29.0. The topological polar surface area (TPSA) is 102 Å². The number of H-pyrrole nitrogens is 1. The Morgan fingerprint density at radius 1 is 1.00 bits per heavy atom. The summed E-state index contributed by atoms with van der Waals surface area (Å²) < 4.78 is 0. The summed E-state index contributed by atoms with van der Waals surface area (Å²) in [6.45, 7) is 2.62. The first-order valence-corrected chi connectivity index (χ1v) is 14.7. The highest BCUT2D eigenvalue weighted by Crippen LogP contribution is 2.25. The van der Waals surface area contributed by atoms with Crippen LogP contribution in [0.4, 0.5) is 5.69 Å². The number of anilines is 1. The molecule has 3 N–H and O–H groups in total. The Balaban J connectivity index is 1.31. The van der Waals surface area contributed by atoms with Crippen molar-refractivity contribution in [2.24, 2.45) is 0 Å². The molecule has 2 heterocycles. The molecule has 9 heteroatoms. The summed E-state index contributed by atoms with van der Waals surface area (Å²) in [7, 11) is 3.65. The first-order chi connectivity index (χ1) is 20.3. The van der Waals surface area contributed by atoms with Gasteiger partial charge in [0, 0.05) is 54.4 Å². The Morgan fingerprint density at radius 2 is 1.76 bits per heavy atom. The van der Waals surface area contributed by atoms with E-state index in [9.17, 15) is 14.7 Å². The molecule has 2 amide bonds. The molecule has 0 saturated heterocycles. The van der Waals surface area contributed by atoms with Crippen molar-refractivity contribution in [3.8, 4) is 0 Å². The lowest BCUT2D eigenvalue weighted by molar-refractivity contribution is 0.0785. The molecule has 216 valence electrons. The average Bonchev–Trinajstić information content (AvgIpc) is 3.65. The number of nitrogens with one attached hydrogen (secondary N) is 2. The van der Waals surface area contributed by atoms with Crippen LogP contribution in [0.25, 0.3) is 10.9 Å². The zero-order chi connectivity index (χ0) is 29.6. The summed E-state index contributed by atoms with van der Waals surface area (Å²) in [6, 6.07) is 23.9. The van der Waals surface area contributed by atoms with Gasteiger partial charge in [0.2, 0.25) is 0 Å². The third-order valence-electron chi connectivity index (χ3n) is 7.27. The summed E-state index contributed by atoms with van der Waals surface area (Å²) in [4.78, 5) is 38.0. The van der Waals surface area contributed by atoms with E-state index in [0.29, 0.717) is 30.6 Å². The molecule has 0 bridgehead atoms. The van der Waals surface area contributed by atoms with E-state index in [1.165, 1.54) is 11.3 Å². The molecule has 0 fully saturated rings. The van der Waals surface area contributed by atoms with Crippen molar-refractivity contribution in [2.45, 2.75) is 32.0 Å². The molecule has 0 aliphatic carbocycles. The molecule has 42 heavy (non-hydrogen) atoms. The Morgan fingerprint density at radius 3 is 2.52 bits per heavy atom. The molecule has 2 aromatic heterocycles. The highest BCUT2D eigenvalue weighted by atomic mass is 32.1. The number of aliphatic hydroxyl groups excluding tert-OH is 1. The van der Waals surface area contributed by atoms with E-state index in [1.54, 1.807) is 36.2 Å². The minimum atomic E-state index is -0.873. The summed E-state index contributed by atoms with van der Waals surface area (Å²) in [5.74, 6) is -0.546. The number of aliphatic hydroxyl groups is 1. The maximum absolute atomic E-state index is 13.5. The van der Waals surface area contributed by atoms with E-state index >= 15 is 0 Å². The minimum absolute atomic E-state index is 0.196. The smallest absolute Gasteiger partial charge is 0.253 e. The predicted molar refractivity (Wildman–Crippen MR) is 168 cm³/mol. The largest absolute Gasteiger partial charge is 0.389 e. The van der Waals surface area contributed by atoms with Crippen LogP contribution in [-0.4, -0.2) is 64.6 Å². The first-order valence-electron chi connectivity index (χ1n) is 13.8. The van der Waals surface area contributed by atoms with Crippen LogP contribution in [0, 0.1) is 6.92 Å². The average molecular weight is 582 g/mol. The second-order valence-electron chi connectivity index (χ2n) is 10.6. The van der Waals surface area contributed by atoms with E-state index < -0.39 is 12.1 Å². The van der Waals surface area contributed by atoms with Gasteiger partial charge < -0.3 is 25.2 Å². The number of hydrogen-bond donors (Lipinski definition) is 3. The number of para-hydroxylation sites is 1. The van der Waals surface area contributed by atoms with E-state index in [-0.39, 0.29) is 11.8 Å². The molecule has 0 unspecified atom stereocenters. The molecule has 2 atom stereocenters. The Labute approximate surface area is 249 Å². The van der Waals surface area contributed by atoms with Crippen LogP contribution in [0.2, 0.25) is 0 Å². The van der Waals surface area contributed by atoms with Gasteiger partial charge >= 0.3 is 0 Å². The number of rotatable bonds is 11. The van der Waals surface area contributed by atoms with Crippen molar-refractivity contribution in [1.29, 1.82) is 0 Å². The number of likely N-dealkylation sites (N-methyl/N-ethyl adjacent to an activating group) is 1. The van der Waals surface area contributed by atoms with Crippen molar-refractivity contribution >= 4 is 39.7 Å². The van der Waals surface area contributed by atoms with Crippen LogP contribution in [-0.2, 0) is 13.0 Å². The number of benzene rings is 3. The monoisotopic (exact) mass is 581 g/mol. The van der Waals surface area contributed by atoms with Gasteiger partial charge in [-0.25, -0.2) is 4.98 Å². The van der Waals surface area contributed by atoms with Gasteiger partial charge in [-0.2, -0.15) is 0 Å². The SMILES string of the molecule is Cc1csc(CN(C)C(=O)c2cccc(C(=O)N[C@@H](Cc3ccccc3)[C@H](O)CN(C)c3cccc4cc[nH]c34)c2)n1. The summed E-state index contributed by atoms with van der Waals surface area (Å²) in [6.07, 6.45) is 1.47. The predicted octanol–water partition coefficient (Wildman–Crippen LogP) is 5.04. The van der Waals surface area contributed by atoms with Gasteiger partial charge in [0.15, 0.2) is 0 Å². The van der Waals surface area contributed by atoms with Crippen LogP contribution in [0.5, 0.6) is 0 Å². The van der Waals surface area contributed by atoms with Crippen molar-refractivity contribution in [3.05, 3.63) is 118 Å². The summed E-state index contributed by atoms with van der Waals surface area (Å²) in [5, 5.41) is 18.4. The number of carbonyl (C=O) groups is 2. The highest BCUT2D eigenvalue weighted by Gasteiger charge is 2.25. The second kappa shape index (κ2) is 13.0. The van der Waals surface area contributed by atoms with Crippen molar-refractivity contribution in [3.63, 3.8) is 0 Å². The number of amides is 2. The molecule has 3 aromatic carbocycles. The number of thiazole rings is 1. The highest BCUT2D eigenvalue weighted by molar-refractivity contribution is 7.09. The van der Waals surface area contributed by atoms with E-state index in [2.05, 4.69) is 15.3 Å². The van der Waals surface area contributed by atoms with Crippen LogP contribution in [0.15, 0.2) is 90.4 Å². The minimum Gasteiger partial charge on any atom is -0.389 e. The number of hydrogen-bond acceptors (Lipinski definition) is 6. The lowest BCUT2D eigenvalue weighted by Gasteiger charge is -2.29. The van der Waals surface area contributed by atoms with Crippen molar-refractivity contribution < 1.29 is 14.7 Å². The number of aromatic amines is 1. The molecular weight excluding hydrogens is 546 g/mol. The lowest BCUT2D eigenvalue weighted by atomic mass is 9.99. The molecule has 0 aliphatic heterocycles. The maximum atomic E-state index is 13.5. The quantitative estimate of drug-likeness (QED) is 0.203. The fraction of sp³-hybridized carbons (Fsp3) is 0.242. The standard InChI is InChI=1S/C33H35N5O3S/c1-22-21-42-30(35-22)20-38(3)33(41)26-13-7-12-25(18-26)32(40)36-27(17-23-9-5-4-6-10-23)29(39)19-37(2)28-14-8-11-24-15-16-34-31(24)28/h4-16,18,21,27,29,34,39H,17,19-20H2,1-3H3,(H,36,40)/t27-,29+/m0/s1. The normalized spacial score (nSPS) is 12.6. The molecule has 8 nitrogen and oxygen atoms in total. The van der Waals surface area contributed by atoms with E-state index in [4.69, 9.17) is 0 Å². The van der Waals surface area contributed by atoms with Gasteiger partial charge in [0.1, 0.15) is 5.01 Å². The van der Waals surface area contributed by atoms with E-state index in [0.717, 1.165) is 32.9 Å². The fourth-order valence-electron chi connectivity index (χ4n) is 5.06. The zero-order valence-electron chi connectivity index (χ0n) is 23.9. The van der Waals surface area contributed by atoms with Gasteiger partial charge in [0.05, 0.1) is 29.9 Å². The van der Waals surface area contributed by atoms with Crippen LogP contribution < -0.4 is 10.2 Å². The number of carbonyl (C=O) groups excluding carboxylic acids is 2. The molecular formula is C33H35N5O3S. The van der Waals surface area contributed by atoms with Crippen LogP contribution >= 0.6 is 11.3 Å². The molecule has 0 aliphatic rings. The zero-order valence-corrected chi connectivity index (χ0v) is 24.8. The number of nitrogens with zero attached hydrogens (tertiary/aromatic N) is 3. The third kappa shape index (κ3) is 6.87. The van der Waals surface area contributed by atoms with Gasteiger partial charge in [0.25, 0.3) is 11.8 Å². The third-order valence-corrected chi connectivity index (χ3v) is 8.23. The molecule has 0 spiro atoms. The number of fused-ring (bicyclic) bond motifs is 1. The fourth-order valence-corrected chi connectivity index (χ4v) is 5.88. The number of aromatic nitrogens is 2. The summed E-state index contributed by atoms with van der Waals surface area (Å²) in [5.41, 5.74) is 4.65. The lowest BCUT2D eigenvalue weighted by Crippen LogP contribution is -2.49. The van der Waals surface area contributed by atoms with Crippen LogP contribution in [0.1, 0.15) is 37.0 Å². The molecule has 5 rings (SSSR count). The molecule has 0 radical (unpaired) electrons.